The quantitative estimate of drug-likeness (QED) is 0.751. The van der Waals surface area contributed by atoms with Crippen molar-refractivity contribution in [3.63, 3.8) is 0 Å². The molecule has 0 spiro atoms. The Kier molecular flexibility index (Phi) is 6.30. The van der Waals surface area contributed by atoms with E-state index < -0.39 is 11.7 Å². The van der Waals surface area contributed by atoms with Gasteiger partial charge in [0.25, 0.3) is 5.91 Å². The second-order valence-corrected chi connectivity index (χ2v) is 8.88. The van der Waals surface area contributed by atoms with Crippen LogP contribution in [0.3, 0.4) is 0 Å². The van der Waals surface area contributed by atoms with E-state index in [0.29, 0.717) is 12.1 Å². The van der Waals surface area contributed by atoms with Crippen LogP contribution < -0.4 is 5.32 Å². The van der Waals surface area contributed by atoms with Crippen molar-refractivity contribution in [3.8, 4) is 0 Å². The second-order valence-electron chi connectivity index (χ2n) is 8.88. The van der Waals surface area contributed by atoms with Crippen LogP contribution in [-0.2, 0) is 6.18 Å². The molecule has 3 nitrogen and oxygen atoms in total. The summed E-state index contributed by atoms with van der Waals surface area (Å²) in [5.74, 6) is -0.185. The van der Waals surface area contributed by atoms with Gasteiger partial charge in [0, 0.05) is 29.2 Å². The summed E-state index contributed by atoms with van der Waals surface area (Å²) in [4.78, 5) is 15.0. The molecule has 0 atom stereocenters. The Balaban J connectivity index is 2.28. The van der Waals surface area contributed by atoms with Crippen molar-refractivity contribution in [1.82, 2.24) is 10.2 Å². The van der Waals surface area contributed by atoms with E-state index in [1.165, 1.54) is 12.1 Å². The van der Waals surface area contributed by atoms with E-state index in [1.807, 2.05) is 4.90 Å². The molecule has 1 fully saturated rings. The number of carbonyl (C=O) groups excluding carboxylic acids is 1. The lowest BCUT2D eigenvalue weighted by Gasteiger charge is -2.49. The molecule has 0 saturated carbocycles. The number of hydrogen-bond acceptors (Lipinski definition) is 2. The number of alkyl halides is 3. The first-order valence-corrected chi connectivity index (χ1v) is 9.62. The molecule has 1 amide bonds. The minimum absolute atomic E-state index is 0.0533. The fourth-order valence-corrected chi connectivity index (χ4v) is 4.23. The number of carbonyl (C=O) groups is 1. The normalized spacial score (nSPS) is 19.7. The number of amides is 1. The lowest BCUT2D eigenvalue weighted by Crippen LogP contribution is -2.62. The molecular weight excluding hydrogens is 353 g/mol. The monoisotopic (exact) mass is 384 g/mol. The number of piperidine rings is 1. The third-order valence-corrected chi connectivity index (χ3v) is 5.08. The molecule has 0 aromatic heterocycles. The summed E-state index contributed by atoms with van der Waals surface area (Å²) in [6, 6.07) is 4.61. The molecule has 1 aliphatic heterocycles. The van der Waals surface area contributed by atoms with Crippen LogP contribution in [0.2, 0.25) is 0 Å². The fraction of sp³-hybridized carbons (Fsp3) is 0.667. The van der Waals surface area contributed by atoms with Gasteiger partial charge in [0.05, 0.1) is 5.56 Å². The van der Waals surface area contributed by atoms with Crippen molar-refractivity contribution in [2.75, 3.05) is 6.54 Å². The number of benzene rings is 1. The number of nitrogens with one attached hydrogen (secondary N) is 1. The van der Waals surface area contributed by atoms with Crippen molar-refractivity contribution in [2.45, 2.75) is 83.6 Å². The highest BCUT2D eigenvalue weighted by molar-refractivity contribution is 5.94. The highest BCUT2D eigenvalue weighted by atomic mass is 19.4. The fourth-order valence-electron chi connectivity index (χ4n) is 4.23. The van der Waals surface area contributed by atoms with Crippen LogP contribution in [0.25, 0.3) is 0 Å². The van der Waals surface area contributed by atoms with Crippen LogP contribution in [0.15, 0.2) is 24.3 Å². The molecule has 2 rings (SSSR count). The van der Waals surface area contributed by atoms with Crippen molar-refractivity contribution in [3.05, 3.63) is 35.4 Å². The molecule has 1 heterocycles. The van der Waals surface area contributed by atoms with Gasteiger partial charge in [-0.15, -0.1) is 0 Å². The van der Waals surface area contributed by atoms with Gasteiger partial charge < -0.3 is 10.2 Å². The third-order valence-electron chi connectivity index (χ3n) is 5.08. The van der Waals surface area contributed by atoms with E-state index in [4.69, 9.17) is 0 Å². The molecule has 0 unspecified atom stereocenters. The molecule has 1 aliphatic rings. The van der Waals surface area contributed by atoms with E-state index in [-0.39, 0.29) is 23.0 Å². The van der Waals surface area contributed by atoms with Crippen LogP contribution in [0, 0.1) is 0 Å². The van der Waals surface area contributed by atoms with Crippen LogP contribution in [0.5, 0.6) is 0 Å². The maximum atomic E-state index is 13.2. The van der Waals surface area contributed by atoms with Gasteiger partial charge in [-0.2, -0.15) is 13.2 Å². The molecule has 27 heavy (non-hydrogen) atoms. The van der Waals surface area contributed by atoms with Crippen molar-refractivity contribution < 1.29 is 18.0 Å². The third kappa shape index (κ3) is 5.71. The van der Waals surface area contributed by atoms with E-state index in [1.54, 1.807) is 0 Å². The molecule has 0 radical (unpaired) electrons. The largest absolute Gasteiger partial charge is 0.416 e. The summed E-state index contributed by atoms with van der Waals surface area (Å²) in [6.07, 6.45) is -0.947. The van der Waals surface area contributed by atoms with Crippen LogP contribution in [-0.4, -0.2) is 34.5 Å². The van der Waals surface area contributed by atoms with E-state index >= 15 is 0 Å². The molecule has 1 saturated heterocycles. The van der Waals surface area contributed by atoms with Gasteiger partial charge >= 0.3 is 6.18 Å². The highest BCUT2D eigenvalue weighted by Crippen LogP contribution is 2.33. The number of hydrogen-bond donors (Lipinski definition) is 1. The molecule has 152 valence electrons. The van der Waals surface area contributed by atoms with Gasteiger partial charge in [-0.1, -0.05) is 13.3 Å². The minimum Gasteiger partial charge on any atom is -0.336 e. The van der Waals surface area contributed by atoms with E-state index in [0.717, 1.165) is 37.8 Å². The Morgan fingerprint density at radius 2 is 1.63 bits per heavy atom. The molecule has 6 heteroatoms. The maximum Gasteiger partial charge on any atom is 0.416 e. The number of rotatable bonds is 5. The Hall–Kier alpha value is -1.56. The summed E-state index contributed by atoms with van der Waals surface area (Å²) in [5, 5.41) is 3.61. The van der Waals surface area contributed by atoms with Gasteiger partial charge in [0.15, 0.2) is 0 Å². The minimum atomic E-state index is -4.40. The zero-order chi connectivity index (χ0) is 20.5. The van der Waals surface area contributed by atoms with Crippen molar-refractivity contribution in [1.29, 1.82) is 0 Å². The molecule has 1 aromatic carbocycles. The topological polar surface area (TPSA) is 32.3 Å². The lowest BCUT2D eigenvalue weighted by molar-refractivity contribution is -0.137. The predicted octanol–water partition coefficient (Wildman–Crippen LogP) is 5.26. The lowest BCUT2D eigenvalue weighted by atomic mass is 9.78. The average Bonchev–Trinajstić information content (AvgIpc) is 2.51. The van der Waals surface area contributed by atoms with Crippen LogP contribution in [0.1, 0.15) is 76.2 Å². The van der Waals surface area contributed by atoms with E-state index in [2.05, 4.69) is 39.9 Å². The SMILES string of the molecule is CCCCN(C(=O)c1ccc(C(F)(F)F)cc1)C1CC(C)(C)NC(C)(C)C1. The van der Waals surface area contributed by atoms with Crippen LogP contribution >= 0.6 is 0 Å². The van der Waals surface area contributed by atoms with Gasteiger partial charge in [-0.25, -0.2) is 0 Å². The Bertz CT molecular complexity index is 634. The summed E-state index contributed by atoms with van der Waals surface area (Å²) >= 11 is 0. The number of unbranched alkanes of at least 4 members (excludes halogenated alkanes) is 1. The Labute approximate surface area is 160 Å². The summed E-state index contributed by atoms with van der Waals surface area (Å²) < 4.78 is 38.4. The van der Waals surface area contributed by atoms with Crippen molar-refractivity contribution in [2.24, 2.45) is 0 Å². The Morgan fingerprint density at radius 3 is 2.07 bits per heavy atom. The first-order valence-electron chi connectivity index (χ1n) is 9.62. The highest BCUT2D eigenvalue weighted by Gasteiger charge is 2.41. The van der Waals surface area contributed by atoms with Gasteiger partial charge in [-0.05, 0) is 71.2 Å². The molecule has 1 aromatic rings. The second kappa shape index (κ2) is 7.82. The number of nitrogens with zero attached hydrogens (tertiary/aromatic N) is 1. The number of halogens is 3. The average molecular weight is 384 g/mol. The standard InChI is InChI=1S/C21H31F3N2O/c1-6-7-12-26(17-13-19(2,3)25-20(4,5)14-17)18(27)15-8-10-16(11-9-15)21(22,23)24/h8-11,17,25H,6-7,12-14H2,1-5H3. The summed E-state index contributed by atoms with van der Waals surface area (Å²) in [7, 11) is 0. The Morgan fingerprint density at radius 1 is 1.11 bits per heavy atom. The van der Waals surface area contributed by atoms with Gasteiger partial charge in [0.2, 0.25) is 0 Å². The first kappa shape index (κ1) is 21.7. The molecule has 1 N–H and O–H groups in total. The van der Waals surface area contributed by atoms with E-state index in [9.17, 15) is 18.0 Å². The zero-order valence-electron chi connectivity index (χ0n) is 16.9. The van der Waals surface area contributed by atoms with Crippen molar-refractivity contribution >= 4 is 5.91 Å². The predicted molar refractivity (Wildman–Crippen MR) is 102 cm³/mol. The summed E-state index contributed by atoms with van der Waals surface area (Å²) in [5.41, 5.74) is -0.647. The molecular formula is C21H31F3N2O. The van der Waals surface area contributed by atoms with Crippen LogP contribution in [0.4, 0.5) is 13.2 Å². The maximum absolute atomic E-state index is 13.2. The van der Waals surface area contributed by atoms with Gasteiger partial charge in [-0.3, -0.25) is 4.79 Å². The zero-order valence-corrected chi connectivity index (χ0v) is 16.9. The first-order chi connectivity index (χ1) is 12.3. The summed E-state index contributed by atoms with van der Waals surface area (Å²) in [6.45, 7) is 11.2. The molecule has 0 bridgehead atoms. The molecule has 0 aliphatic carbocycles. The smallest absolute Gasteiger partial charge is 0.336 e. The van der Waals surface area contributed by atoms with Gasteiger partial charge in [0.1, 0.15) is 0 Å².